The zero-order valence-corrected chi connectivity index (χ0v) is 24.4. The third-order valence-corrected chi connectivity index (χ3v) is 12.6. The van der Waals surface area contributed by atoms with Gasteiger partial charge in [-0.15, -0.1) is 0 Å². The van der Waals surface area contributed by atoms with Gasteiger partial charge in [0.1, 0.15) is 0 Å². The standard InChI is InChI=1S/C24H20S3.2F6P/c1-5-13-21(14-6-1)26(22-15-7-2-8-16-22)25-27(23-17-9-3-10-18-23)24-19-11-4-12-20-24;2*1-7(2,3,4,5)6/h1-20H;;/q+2;2*-1. The van der Waals surface area contributed by atoms with Crippen molar-refractivity contribution in [2.24, 2.45) is 0 Å². The summed E-state index contributed by atoms with van der Waals surface area (Å²) in [5, 5.41) is 0. The summed E-state index contributed by atoms with van der Waals surface area (Å²) >= 11 is 0. The molecule has 0 aliphatic rings. The van der Waals surface area contributed by atoms with E-state index >= 15 is 0 Å². The van der Waals surface area contributed by atoms with Crippen molar-refractivity contribution in [3.63, 3.8) is 0 Å². The van der Waals surface area contributed by atoms with E-state index in [1.54, 1.807) is 0 Å². The summed E-state index contributed by atoms with van der Waals surface area (Å²) in [6.07, 6.45) is 0. The first kappa shape index (κ1) is 35.1. The summed E-state index contributed by atoms with van der Waals surface area (Å²) in [5.74, 6) is 0. The number of hydrogen-bond acceptors (Lipinski definition) is 1. The van der Waals surface area contributed by atoms with Crippen LogP contribution in [0.25, 0.3) is 0 Å². The van der Waals surface area contributed by atoms with Gasteiger partial charge in [-0.3, -0.25) is 0 Å². The fourth-order valence-corrected chi connectivity index (χ4v) is 12.0. The van der Waals surface area contributed by atoms with Crippen molar-refractivity contribution < 1.29 is 50.4 Å². The van der Waals surface area contributed by atoms with Crippen LogP contribution < -0.4 is 0 Å². The minimum atomic E-state index is -10.7. The molecule has 0 nitrogen and oxygen atoms in total. The number of benzene rings is 4. The predicted molar refractivity (Wildman–Crippen MR) is 148 cm³/mol. The van der Waals surface area contributed by atoms with Crippen LogP contribution in [0.2, 0.25) is 0 Å². The Kier molecular flexibility index (Phi) is 9.91. The number of rotatable bonds is 6. The Labute approximate surface area is 236 Å². The van der Waals surface area contributed by atoms with Crippen LogP contribution in [0.4, 0.5) is 50.4 Å². The Morgan fingerprint density at radius 1 is 0.317 bits per heavy atom. The zero-order valence-electron chi connectivity index (χ0n) is 20.2. The SMILES string of the molecule is F[P-](F)(F)(F)(F)F.F[P-](F)(F)(F)(F)F.c1ccc([S+](S[S+](c2ccccc2)c2ccccc2)c2ccccc2)cc1. The predicted octanol–water partition coefficient (Wildman–Crippen LogP) is 13.8. The summed E-state index contributed by atoms with van der Waals surface area (Å²) < 4.78 is 118. The molecule has 0 unspecified atom stereocenters. The van der Waals surface area contributed by atoms with Crippen molar-refractivity contribution >= 4 is 45.3 Å². The maximum atomic E-state index is 9.87. The minimum absolute atomic E-state index is 0.0533. The zero-order chi connectivity index (χ0) is 31.1. The van der Waals surface area contributed by atoms with Crippen LogP contribution in [0.3, 0.4) is 0 Å². The maximum absolute atomic E-state index is 10.7. The summed E-state index contributed by atoms with van der Waals surface area (Å²) in [4.78, 5) is 5.49. The molecular formula is C24H20F12P2S3. The fraction of sp³-hybridized carbons (Fsp3) is 0. The van der Waals surface area contributed by atoms with Gasteiger partial charge in [0, 0.05) is 0 Å². The van der Waals surface area contributed by atoms with Gasteiger partial charge in [-0.05, 0) is 48.5 Å². The summed E-state index contributed by atoms with van der Waals surface area (Å²) in [6.45, 7) is 0. The quantitative estimate of drug-likeness (QED) is 0.0838. The molecule has 0 saturated carbocycles. The van der Waals surface area contributed by atoms with E-state index in [1.165, 1.54) is 19.6 Å². The van der Waals surface area contributed by atoms with Crippen molar-refractivity contribution in [2.75, 3.05) is 0 Å². The third-order valence-electron chi connectivity index (χ3n) is 3.97. The molecule has 17 heteroatoms. The summed E-state index contributed by atoms with van der Waals surface area (Å²) in [7, 11) is -19.4. The van der Waals surface area contributed by atoms with Gasteiger partial charge in [0.2, 0.25) is 0 Å². The molecule has 0 aliphatic carbocycles. The van der Waals surface area contributed by atoms with Gasteiger partial charge in [-0.25, -0.2) is 0 Å². The van der Waals surface area contributed by atoms with Gasteiger partial charge in [0.15, 0.2) is 39.4 Å². The largest absolute Gasteiger partial charge is 0.369 e. The van der Waals surface area contributed by atoms with Gasteiger partial charge in [-0.1, -0.05) is 72.8 Å². The van der Waals surface area contributed by atoms with Crippen LogP contribution in [-0.2, 0) is 19.9 Å². The van der Waals surface area contributed by atoms with Gasteiger partial charge in [0.05, 0.1) is 0 Å². The molecule has 4 aromatic carbocycles. The first-order valence-electron chi connectivity index (χ1n) is 10.8. The molecule has 0 amide bonds. The first-order valence-corrected chi connectivity index (χ1v) is 19.2. The normalized spacial score (nSPS) is 15.2. The molecule has 41 heavy (non-hydrogen) atoms. The molecule has 0 heterocycles. The Balaban J connectivity index is 0.000000349. The second kappa shape index (κ2) is 11.6. The van der Waals surface area contributed by atoms with Gasteiger partial charge in [0.25, 0.3) is 0 Å². The summed E-state index contributed by atoms with van der Waals surface area (Å²) in [6, 6.07) is 43.5. The van der Waals surface area contributed by atoms with E-state index in [0.717, 1.165) is 0 Å². The maximum Gasteiger partial charge on any atom is 0.369 e. The van der Waals surface area contributed by atoms with Crippen molar-refractivity contribution in [1.82, 2.24) is 0 Å². The molecule has 0 N–H and O–H groups in total. The molecule has 4 aromatic rings. The number of hydrogen-bond donors (Lipinski definition) is 0. The van der Waals surface area contributed by atoms with E-state index in [1.807, 2.05) is 0 Å². The Bertz CT molecular complexity index is 1160. The first-order chi connectivity index (χ1) is 18.3. The topological polar surface area (TPSA) is 0 Å². The van der Waals surface area contributed by atoms with E-state index in [4.69, 9.17) is 0 Å². The Morgan fingerprint density at radius 2 is 0.463 bits per heavy atom. The van der Waals surface area contributed by atoms with Crippen LogP contribution in [0.5, 0.6) is 0 Å². The molecule has 4 rings (SSSR count). The molecule has 0 aromatic heterocycles. The molecule has 0 atom stereocenters. The van der Waals surface area contributed by atoms with Crippen LogP contribution in [0.15, 0.2) is 141 Å². The van der Waals surface area contributed by atoms with Crippen molar-refractivity contribution in [1.29, 1.82) is 0 Å². The molecule has 0 bridgehead atoms. The van der Waals surface area contributed by atoms with E-state index in [2.05, 4.69) is 131 Å². The van der Waals surface area contributed by atoms with Crippen molar-refractivity contribution in [3.8, 4) is 0 Å². The second-order valence-electron chi connectivity index (χ2n) is 7.77. The van der Waals surface area contributed by atoms with Crippen molar-refractivity contribution in [3.05, 3.63) is 121 Å². The van der Waals surface area contributed by atoms with Crippen LogP contribution in [0, 0.1) is 0 Å². The molecule has 228 valence electrons. The van der Waals surface area contributed by atoms with E-state index < -0.39 is 15.6 Å². The van der Waals surface area contributed by atoms with Gasteiger partial charge >= 0.3 is 75.8 Å². The smallest absolute Gasteiger partial charge is 0.0619 e. The van der Waals surface area contributed by atoms with E-state index in [0.29, 0.717) is 0 Å². The van der Waals surface area contributed by atoms with Gasteiger partial charge < -0.3 is 0 Å². The minimum Gasteiger partial charge on any atom is -0.0619 e. The number of halogens is 12. The van der Waals surface area contributed by atoms with Crippen LogP contribution in [-0.4, -0.2) is 0 Å². The average Bonchev–Trinajstić information content (AvgIpc) is 2.83. The fourth-order valence-electron chi connectivity index (χ4n) is 2.67. The van der Waals surface area contributed by atoms with E-state index in [-0.39, 0.29) is 19.9 Å². The third kappa shape index (κ3) is 19.7. The second-order valence-corrected chi connectivity index (χ2v) is 18.3. The monoisotopic (exact) mass is 694 g/mol. The molecule has 0 spiro atoms. The molecule has 0 fully saturated rings. The van der Waals surface area contributed by atoms with Crippen LogP contribution >= 0.6 is 25.4 Å². The average molecular weight is 695 g/mol. The molecule has 0 saturated heterocycles. The van der Waals surface area contributed by atoms with Crippen molar-refractivity contribution in [2.45, 2.75) is 19.6 Å². The summed E-state index contributed by atoms with van der Waals surface area (Å²) in [5.41, 5.74) is 0. The van der Waals surface area contributed by atoms with Crippen LogP contribution in [0.1, 0.15) is 0 Å². The van der Waals surface area contributed by atoms with E-state index in [9.17, 15) is 50.4 Å². The molecule has 0 radical (unpaired) electrons. The van der Waals surface area contributed by atoms with Gasteiger partial charge in [-0.2, -0.15) is 0 Å². The Hall–Kier alpha value is -2.05. The molecule has 0 aliphatic heterocycles. The Morgan fingerprint density at radius 3 is 0.610 bits per heavy atom. The molecular weight excluding hydrogens is 674 g/mol.